The van der Waals surface area contributed by atoms with Gasteiger partial charge in [0.2, 0.25) is 0 Å². The number of hydrogen-bond acceptors (Lipinski definition) is 26. The van der Waals surface area contributed by atoms with Crippen LogP contribution in [0.3, 0.4) is 0 Å². The molecule has 24 heterocycles. The zero-order valence-corrected chi connectivity index (χ0v) is 71.6. The van der Waals surface area contributed by atoms with Crippen LogP contribution in [-0.4, -0.2) is 186 Å². The van der Waals surface area contributed by atoms with Crippen molar-refractivity contribution in [1.82, 2.24) is 166 Å². The number of H-pyrrole nitrogens is 8. The molecule has 1 fully saturated rings. The molecule has 0 spiro atoms. The third-order valence-corrected chi connectivity index (χ3v) is 23.2. The minimum Gasteiger partial charge on any atom is -0.397 e. The number of imidazole rings is 4. The number of hydrogen-bond donors (Lipinski definition) is 10. The lowest BCUT2D eigenvalue weighted by Gasteiger charge is -2.15. The van der Waals surface area contributed by atoms with Crippen molar-refractivity contribution < 1.29 is 13.2 Å². The number of benzene rings is 1. The molecule has 1 aliphatic rings. The fraction of sp³-hybridized carbons (Fsp3) is 0.0918. The monoisotopic (exact) mass is 1780 g/mol. The summed E-state index contributed by atoms with van der Waals surface area (Å²) in [6.07, 6.45) is 45.7. The number of rotatable bonds is 17. The number of aryl methyl sites for hydroxylation is 1. The molecule has 34 nitrogen and oxygen atoms in total. The highest BCUT2D eigenvalue weighted by atomic mass is 19.3. The van der Waals surface area contributed by atoms with E-state index in [0.717, 1.165) is 179 Å². The van der Waals surface area contributed by atoms with Gasteiger partial charge in [0.15, 0.2) is 45.9 Å². The summed E-state index contributed by atoms with van der Waals surface area (Å²) >= 11 is 0. The van der Waals surface area contributed by atoms with Crippen LogP contribution in [0.2, 0.25) is 0 Å². The van der Waals surface area contributed by atoms with E-state index < -0.39 is 5.92 Å². The van der Waals surface area contributed by atoms with Crippen LogP contribution in [0.15, 0.2) is 270 Å². The number of nitrogens with zero attached hydrogens (tertiary/aromatic N) is 24. The Morgan fingerprint density at radius 1 is 0.363 bits per heavy atom. The standard InChI is InChI=1S/C28H21F3N8.C25H21N9.C23H16N8.C22H15N9/c29-22-4-2-1-3-19(22)21-12-33-13-23-24(21)36-27(35-23)25-20-8-18(11-34-26(20)38-37-25)17-7-16(9-32-10-17)14-39-6-5-28(30,31)15-39;1-2-26-8-15-6-17(11-28-9-15)18-7-19-23(33-34-24(19)30-12-18)25-31-21-14-29-13-20(22(21)32-25)16-4-3-5-27-10-16;1-13-4-6-25-10-17(13)15-7-16-21(30-31-22(16)27-9-15)23-28-19-12-26-11-18(20(19)29-23)14-3-2-5-24-8-14;23-15-4-13(7-25-9-15)14-5-16-20(30-31-21(16)27-8-14)22-28-18-11-26-10-17(19(18)29-22)12-2-1-3-24-6-12/h1-4,7-13H,5-6,14-15H2,(H,35,36)(H,34,37,38);3-7,9-14,26H,2,8H2,1H3,(H,31,32)(H,30,33,34);2-12H,1H3,(H,28,29)(H,27,30,31);1-11H,23H2,(H,28,29)(H,27,30,31). The van der Waals surface area contributed by atoms with E-state index in [9.17, 15) is 13.2 Å². The van der Waals surface area contributed by atoms with Crippen molar-refractivity contribution in [1.29, 1.82) is 0 Å². The van der Waals surface area contributed by atoms with Gasteiger partial charge in [-0.25, -0.2) is 53.0 Å². The van der Waals surface area contributed by atoms with Crippen LogP contribution in [-0.2, 0) is 13.1 Å². The average molecular weight is 1780 g/mol. The molecule has 0 aliphatic carbocycles. The molecule has 1 aromatic carbocycles. The van der Waals surface area contributed by atoms with Gasteiger partial charge in [-0.05, 0) is 103 Å². The summed E-state index contributed by atoms with van der Waals surface area (Å²) in [6, 6.07) is 34.2. The number of pyridine rings is 15. The second-order valence-corrected chi connectivity index (χ2v) is 32.1. The number of aromatic nitrogens is 31. The number of nitrogen functional groups attached to an aromatic ring is 1. The molecule has 1 aliphatic heterocycles. The van der Waals surface area contributed by atoms with Crippen LogP contribution in [0.4, 0.5) is 18.9 Å². The summed E-state index contributed by atoms with van der Waals surface area (Å²) in [7, 11) is 0. The molecule has 23 aromatic heterocycles. The number of likely N-dealkylation sites (tertiary alicyclic amines) is 1. The Morgan fingerprint density at radius 2 is 0.741 bits per heavy atom. The largest absolute Gasteiger partial charge is 0.397 e. The van der Waals surface area contributed by atoms with E-state index in [1.165, 1.54) is 6.07 Å². The van der Waals surface area contributed by atoms with E-state index in [-0.39, 0.29) is 18.8 Å². The van der Waals surface area contributed by atoms with Gasteiger partial charge in [0.1, 0.15) is 50.7 Å². The molecule has 37 heteroatoms. The van der Waals surface area contributed by atoms with Gasteiger partial charge in [-0.1, -0.05) is 43.3 Å². The Morgan fingerprint density at radius 3 is 1.16 bits per heavy atom. The van der Waals surface area contributed by atoms with Gasteiger partial charge in [-0.3, -0.25) is 80.1 Å². The Hall–Kier alpha value is -18.3. The molecule has 25 rings (SSSR count). The summed E-state index contributed by atoms with van der Waals surface area (Å²) < 4.78 is 41.8. The minimum atomic E-state index is -2.64. The maximum absolute atomic E-state index is 14.5. The predicted octanol–water partition coefficient (Wildman–Crippen LogP) is 17.7. The fourth-order valence-corrected chi connectivity index (χ4v) is 16.5. The first-order valence-electron chi connectivity index (χ1n) is 42.8. The first-order chi connectivity index (χ1) is 66.3. The number of alkyl halides is 2. The average Bonchev–Trinajstić information content (AvgIpc) is 1.62. The van der Waals surface area contributed by atoms with Gasteiger partial charge in [-0.15, -0.1) is 0 Å². The van der Waals surface area contributed by atoms with Crippen molar-refractivity contribution >= 4 is 94.0 Å². The van der Waals surface area contributed by atoms with Crippen molar-refractivity contribution in [2.24, 2.45) is 0 Å². The normalized spacial score (nSPS) is 12.6. The Balaban J connectivity index is 0.000000105. The molecule has 135 heavy (non-hydrogen) atoms. The van der Waals surface area contributed by atoms with Crippen LogP contribution in [0, 0.1) is 12.7 Å². The van der Waals surface area contributed by atoms with Gasteiger partial charge < -0.3 is 31.0 Å². The lowest BCUT2D eigenvalue weighted by atomic mass is 10.0. The molecule has 0 bridgehead atoms. The maximum Gasteiger partial charge on any atom is 0.261 e. The first kappa shape index (κ1) is 82.4. The summed E-state index contributed by atoms with van der Waals surface area (Å²) in [5.74, 6) is -0.475. The number of aromatic amines is 8. The molecular formula is C98H73F3N34. The smallest absolute Gasteiger partial charge is 0.261 e. The lowest BCUT2D eigenvalue weighted by Crippen LogP contribution is -2.24. The van der Waals surface area contributed by atoms with Crippen LogP contribution in [0.5, 0.6) is 0 Å². The third-order valence-electron chi connectivity index (χ3n) is 23.2. The Bertz CT molecular complexity index is 8520. The molecule has 0 saturated carbocycles. The topological polar surface area (TPSA) is 464 Å². The highest BCUT2D eigenvalue weighted by Gasteiger charge is 2.38. The molecule has 24 aromatic rings. The predicted molar refractivity (Wildman–Crippen MR) is 506 cm³/mol. The van der Waals surface area contributed by atoms with Crippen molar-refractivity contribution in [2.75, 3.05) is 25.4 Å². The third kappa shape index (κ3) is 16.6. The quantitative estimate of drug-likeness (QED) is 0.0405. The number of nitrogens with one attached hydrogen (secondary N) is 9. The highest BCUT2D eigenvalue weighted by molar-refractivity contribution is 6.02. The number of halogens is 3. The Labute approximate surface area is 761 Å². The van der Waals surface area contributed by atoms with Gasteiger partial charge >= 0.3 is 0 Å². The van der Waals surface area contributed by atoms with E-state index in [2.05, 4.69) is 173 Å². The van der Waals surface area contributed by atoms with E-state index in [1.807, 2.05) is 116 Å². The van der Waals surface area contributed by atoms with Crippen LogP contribution >= 0.6 is 0 Å². The van der Waals surface area contributed by atoms with E-state index in [0.29, 0.717) is 92.5 Å². The van der Waals surface area contributed by atoms with Crippen molar-refractivity contribution in [3.63, 3.8) is 0 Å². The number of fused-ring (bicyclic) bond motifs is 8. The van der Waals surface area contributed by atoms with Crippen molar-refractivity contribution in [3.05, 3.63) is 293 Å². The summed E-state index contributed by atoms with van der Waals surface area (Å²) in [4.78, 5) is 99.7. The maximum atomic E-state index is 14.5. The molecule has 656 valence electrons. The number of anilines is 1. The molecule has 11 N–H and O–H groups in total. The molecule has 0 radical (unpaired) electrons. The molecule has 0 unspecified atom stereocenters. The second-order valence-electron chi connectivity index (χ2n) is 32.1. The van der Waals surface area contributed by atoms with E-state index in [1.54, 1.807) is 135 Å². The van der Waals surface area contributed by atoms with Gasteiger partial charge in [0, 0.05) is 251 Å². The highest BCUT2D eigenvalue weighted by Crippen LogP contribution is 2.40. The lowest BCUT2D eigenvalue weighted by molar-refractivity contribution is 0.0115. The summed E-state index contributed by atoms with van der Waals surface area (Å²) in [5, 5.41) is 36.4. The van der Waals surface area contributed by atoms with Gasteiger partial charge in [0.05, 0.1) is 80.6 Å². The second kappa shape index (κ2) is 35.3. The Kier molecular flexibility index (Phi) is 21.6. The van der Waals surface area contributed by atoms with Crippen molar-refractivity contribution in [3.8, 4) is 135 Å². The summed E-state index contributed by atoms with van der Waals surface area (Å²) in [6.45, 7) is 6.35. The van der Waals surface area contributed by atoms with E-state index in [4.69, 9.17) is 25.7 Å². The molecule has 0 atom stereocenters. The minimum absolute atomic E-state index is 0.121. The number of nitrogens with two attached hydrogens (primary N) is 1. The SMILES string of the molecule is CCNCc1cncc(-c2cnc3n[nH]c(-c4nc5c(-c6cccnc6)cncc5[nH]4)c3c2)c1.Cc1ccncc1-c1cnc2n[nH]c(-c3nc4c(-c5cccnc5)cncc4[nH]3)c2c1.Fc1ccccc1-c1cncc2[nH]c(-c3[nH]nc4ncc(-c5cncc(CN6CCC(F)(F)C6)c5)cc34)nc12.Nc1cncc(-c2cnc3n[nH]c(-c4nc5c(-c6cccnc6)cncc5[nH]4)c3c2)c1. The fourth-order valence-electron chi connectivity index (χ4n) is 16.5. The summed E-state index contributed by atoms with van der Waals surface area (Å²) in [5.41, 5.74) is 35.1. The first-order valence-corrected chi connectivity index (χ1v) is 42.8. The zero-order chi connectivity index (χ0) is 91.0. The zero-order valence-electron chi connectivity index (χ0n) is 71.6. The molecular weight excluding hydrogens is 1710 g/mol. The van der Waals surface area contributed by atoms with Gasteiger partial charge in [0.25, 0.3) is 5.92 Å². The van der Waals surface area contributed by atoms with Gasteiger partial charge in [-0.2, -0.15) is 20.4 Å². The van der Waals surface area contributed by atoms with Crippen molar-refractivity contribution in [2.45, 2.75) is 39.3 Å². The van der Waals surface area contributed by atoms with E-state index >= 15 is 0 Å². The van der Waals surface area contributed by atoms with Crippen LogP contribution in [0.1, 0.15) is 30.0 Å². The molecule has 1 saturated heterocycles. The van der Waals surface area contributed by atoms with Crippen LogP contribution < -0.4 is 11.1 Å². The molecule has 0 amide bonds. The van der Waals surface area contributed by atoms with Crippen LogP contribution in [0.25, 0.3) is 223 Å².